The Morgan fingerprint density at radius 3 is 1.65 bits per heavy atom. The maximum atomic E-state index is 10.8. The lowest BCUT2D eigenvalue weighted by Gasteiger charge is -2.21. The van der Waals surface area contributed by atoms with Crippen molar-refractivity contribution in [1.29, 1.82) is 0 Å². The third-order valence-corrected chi connectivity index (χ3v) is 4.42. The largest absolute Gasteiger partial charge is 0.397 e. The van der Waals surface area contributed by atoms with E-state index >= 15 is 0 Å². The summed E-state index contributed by atoms with van der Waals surface area (Å²) in [6.45, 7) is 3.39. The molecule has 0 radical (unpaired) electrons. The normalized spacial score (nSPS) is 15.5. The molecule has 0 aromatic carbocycles. The third kappa shape index (κ3) is 15.0. The summed E-state index contributed by atoms with van der Waals surface area (Å²) in [6.07, 6.45) is 6.00. The molecule has 0 aromatic rings. The van der Waals surface area contributed by atoms with Crippen molar-refractivity contribution < 1.29 is 34.3 Å². The highest BCUT2D eigenvalue weighted by molar-refractivity contribution is 7.81. The second kappa shape index (κ2) is 11.3. The molecule has 0 aromatic heterocycles. The summed E-state index contributed by atoms with van der Waals surface area (Å²) in [5.74, 6) is 0. The molecule has 0 aliphatic carbocycles. The lowest BCUT2D eigenvalue weighted by Crippen LogP contribution is -2.33. The zero-order valence-electron chi connectivity index (χ0n) is 13.7. The summed E-state index contributed by atoms with van der Waals surface area (Å²) in [4.78, 5) is 0. The maximum absolute atomic E-state index is 10.8. The van der Waals surface area contributed by atoms with Crippen molar-refractivity contribution in [3.63, 3.8) is 0 Å². The quantitative estimate of drug-likeness (QED) is 0.350. The van der Waals surface area contributed by atoms with Crippen LogP contribution in [-0.4, -0.2) is 38.1 Å². The minimum Gasteiger partial charge on any atom is -0.264 e. The van der Waals surface area contributed by atoms with Crippen molar-refractivity contribution >= 4 is 20.8 Å². The van der Waals surface area contributed by atoms with E-state index in [4.69, 9.17) is 9.11 Å². The highest BCUT2D eigenvalue weighted by Gasteiger charge is 2.27. The summed E-state index contributed by atoms with van der Waals surface area (Å²) >= 11 is 0. The molecular weight excluding hydrogens is 348 g/mol. The molecule has 8 nitrogen and oxygen atoms in total. The molecule has 0 fully saturated rings. The van der Waals surface area contributed by atoms with Crippen molar-refractivity contribution in [2.45, 2.75) is 83.8 Å². The van der Waals surface area contributed by atoms with Gasteiger partial charge in [-0.3, -0.25) is 9.11 Å². The number of hydrogen-bond donors (Lipinski definition) is 2. The molecule has 0 aliphatic rings. The van der Waals surface area contributed by atoms with Gasteiger partial charge in [0.25, 0.3) is 0 Å². The Hall–Kier alpha value is -0.260. The van der Waals surface area contributed by atoms with Gasteiger partial charge in [-0.15, -0.1) is 0 Å². The van der Waals surface area contributed by atoms with Crippen LogP contribution in [0.5, 0.6) is 0 Å². The Morgan fingerprint density at radius 1 is 0.783 bits per heavy atom. The van der Waals surface area contributed by atoms with Crippen LogP contribution in [0.4, 0.5) is 0 Å². The fraction of sp³-hybridized carbons (Fsp3) is 1.00. The minimum absolute atomic E-state index is 0.186. The Kier molecular flexibility index (Phi) is 11.2. The summed E-state index contributed by atoms with van der Waals surface area (Å²) < 4.78 is 69.1. The predicted molar refractivity (Wildman–Crippen MR) is 85.7 cm³/mol. The minimum atomic E-state index is -4.74. The van der Waals surface area contributed by atoms with Gasteiger partial charge in [0.15, 0.2) is 0 Å². The molecule has 0 saturated heterocycles. The van der Waals surface area contributed by atoms with Crippen molar-refractivity contribution in [2.24, 2.45) is 0 Å². The molecule has 2 N–H and O–H groups in total. The van der Waals surface area contributed by atoms with Gasteiger partial charge in [0, 0.05) is 0 Å². The summed E-state index contributed by atoms with van der Waals surface area (Å²) in [7, 11) is -9.47. The fourth-order valence-electron chi connectivity index (χ4n) is 2.25. The van der Waals surface area contributed by atoms with Gasteiger partial charge in [0.1, 0.15) is 12.2 Å². The van der Waals surface area contributed by atoms with Crippen LogP contribution in [0.25, 0.3) is 0 Å². The van der Waals surface area contributed by atoms with Gasteiger partial charge in [-0.1, -0.05) is 58.3 Å². The van der Waals surface area contributed by atoms with E-state index in [0.29, 0.717) is 6.42 Å². The monoisotopic (exact) mass is 376 g/mol. The topological polar surface area (TPSA) is 127 Å². The molecule has 0 bridgehead atoms. The van der Waals surface area contributed by atoms with Gasteiger partial charge in [-0.25, -0.2) is 8.37 Å². The SMILES string of the molecule is CCCCCCCCCCC(OS(=O)(=O)O)C(C)OS(=O)(=O)O. The number of rotatable bonds is 14. The van der Waals surface area contributed by atoms with E-state index < -0.39 is 33.0 Å². The van der Waals surface area contributed by atoms with E-state index in [1.165, 1.54) is 26.2 Å². The average Bonchev–Trinajstić information content (AvgIpc) is 2.37. The van der Waals surface area contributed by atoms with E-state index in [1.807, 2.05) is 0 Å². The first-order valence-electron chi connectivity index (χ1n) is 7.86. The van der Waals surface area contributed by atoms with Crippen LogP contribution >= 0.6 is 0 Å². The van der Waals surface area contributed by atoms with Crippen LogP contribution in [0, 0.1) is 0 Å². The van der Waals surface area contributed by atoms with Crippen LogP contribution in [0.1, 0.15) is 71.6 Å². The first-order valence-corrected chi connectivity index (χ1v) is 10.6. The standard InChI is InChI=1S/C13H28O8S2/c1-3-4-5-6-7-8-9-10-11-13(21-23(17,18)19)12(2)20-22(14,15)16/h12-13H,3-11H2,1-2H3,(H,14,15,16)(H,17,18,19). The second-order valence-electron chi connectivity index (χ2n) is 5.56. The summed E-state index contributed by atoms with van der Waals surface area (Å²) in [5.41, 5.74) is 0. The van der Waals surface area contributed by atoms with Crippen molar-refractivity contribution in [3.8, 4) is 0 Å². The van der Waals surface area contributed by atoms with Crippen molar-refractivity contribution in [1.82, 2.24) is 0 Å². The maximum Gasteiger partial charge on any atom is 0.397 e. The van der Waals surface area contributed by atoms with E-state index in [2.05, 4.69) is 15.3 Å². The summed E-state index contributed by atoms with van der Waals surface area (Å²) in [6, 6.07) is 0. The van der Waals surface area contributed by atoms with Gasteiger partial charge in [-0.05, 0) is 13.3 Å². The molecule has 0 rings (SSSR count). The zero-order valence-corrected chi connectivity index (χ0v) is 15.3. The molecular formula is C13H28O8S2. The van der Waals surface area contributed by atoms with Crippen LogP contribution in [-0.2, 0) is 29.2 Å². The van der Waals surface area contributed by atoms with Gasteiger partial charge in [0.2, 0.25) is 0 Å². The Balaban J connectivity index is 4.22. The van der Waals surface area contributed by atoms with Gasteiger partial charge >= 0.3 is 20.8 Å². The molecule has 0 saturated carbocycles. The average molecular weight is 376 g/mol. The predicted octanol–water partition coefficient (Wildman–Crippen LogP) is 2.91. The van der Waals surface area contributed by atoms with Crippen LogP contribution in [0.2, 0.25) is 0 Å². The smallest absolute Gasteiger partial charge is 0.264 e. The summed E-state index contributed by atoms with van der Waals surface area (Å²) in [5, 5.41) is 0. The van der Waals surface area contributed by atoms with Gasteiger partial charge in [0.05, 0.1) is 0 Å². The third-order valence-electron chi connectivity index (χ3n) is 3.38. The molecule has 2 unspecified atom stereocenters. The first-order chi connectivity index (χ1) is 10.5. The van der Waals surface area contributed by atoms with E-state index in [-0.39, 0.29) is 6.42 Å². The highest BCUT2D eigenvalue weighted by atomic mass is 32.3. The fourth-order valence-corrected chi connectivity index (χ4v) is 3.32. The Labute approximate surface area is 139 Å². The molecule has 0 aliphatic heterocycles. The molecule has 0 amide bonds. The van der Waals surface area contributed by atoms with Crippen LogP contribution < -0.4 is 0 Å². The molecule has 23 heavy (non-hydrogen) atoms. The molecule has 0 heterocycles. The lowest BCUT2D eigenvalue weighted by molar-refractivity contribution is 0.0501. The van der Waals surface area contributed by atoms with Crippen LogP contribution in [0.15, 0.2) is 0 Å². The van der Waals surface area contributed by atoms with Gasteiger partial charge in [-0.2, -0.15) is 16.8 Å². The van der Waals surface area contributed by atoms with Crippen LogP contribution in [0.3, 0.4) is 0 Å². The first kappa shape index (κ1) is 22.7. The Bertz CT molecular complexity index is 500. The molecule has 10 heteroatoms. The highest BCUT2D eigenvalue weighted by Crippen LogP contribution is 2.17. The van der Waals surface area contributed by atoms with E-state index in [9.17, 15) is 16.8 Å². The van der Waals surface area contributed by atoms with E-state index in [1.54, 1.807) is 0 Å². The zero-order chi connectivity index (χ0) is 17.9. The number of unbranched alkanes of at least 4 members (excludes halogenated alkanes) is 7. The van der Waals surface area contributed by atoms with E-state index in [0.717, 1.165) is 25.7 Å². The number of hydrogen-bond acceptors (Lipinski definition) is 6. The molecule has 0 spiro atoms. The lowest BCUT2D eigenvalue weighted by atomic mass is 10.0. The van der Waals surface area contributed by atoms with Crippen molar-refractivity contribution in [3.05, 3.63) is 0 Å². The van der Waals surface area contributed by atoms with Gasteiger partial charge < -0.3 is 0 Å². The molecule has 140 valence electrons. The van der Waals surface area contributed by atoms with Crippen molar-refractivity contribution in [2.75, 3.05) is 0 Å². The molecule has 2 atom stereocenters. The second-order valence-corrected chi connectivity index (χ2v) is 7.65. The Morgan fingerprint density at radius 2 is 1.22 bits per heavy atom.